The first-order valence-electron chi connectivity index (χ1n) is 6.17. The zero-order chi connectivity index (χ0) is 14.1. The topological polar surface area (TPSA) is 38.9 Å². The van der Waals surface area contributed by atoms with Gasteiger partial charge in [-0.25, -0.2) is 4.39 Å². The first-order valence-corrected chi connectivity index (χ1v) is 7.42. The van der Waals surface area contributed by atoms with Gasteiger partial charge in [0, 0.05) is 12.2 Å². The predicted octanol–water partition coefficient (Wildman–Crippen LogP) is 4.33. The van der Waals surface area contributed by atoms with Crippen molar-refractivity contribution in [3.05, 3.63) is 63.9 Å². The number of thiophene rings is 1. The number of rotatable bonds is 3. The third-order valence-electron chi connectivity index (χ3n) is 3.22. The van der Waals surface area contributed by atoms with Crippen LogP contribution in [-0.2, 0) is 6.42 Å². The Bertz CT molecular complexity index is 756. The van der Waals surface area contributed by atoms with Crippen molar-refractivity contribution in [2.75, 3.05) is 0 Å². The molecule has 2 heterocycles. The lowest BCUT2D eigenvalue weighted by Crippen LogP contribution is -2.14. The molecule has 102 valence electrons. The van der Waals surface area contributed by atoms with Crippen molar-refractivity contribution in [2.24, 2.45) is 5.73 Å². The number of hydrogen-bond acceptors (Lipinski definition) is 3. The largest absolute Gasteiger partial charge is 0.324 e. The molecule has 3 rings (SSSR count). The maximum atomic E-state index is 13.4. The summed E-state index contributed by atoms with van der Waals surface area (Å²) in [7, 11) is 0. The molecule has 0 aliphatic heterocycles. The molecule has 0 amide bonds. The Labute approximate surface area is 125 Å². The lowest BCUT2D eigenvalue weighted by atomic mass is 10.0. The van der Waals surface area contributed by atoms with Gasteiger partial charge in [0.15, 0.2) is 0 Å². The maximum absolute atomic E-state index is 13.4. The molecule has 1 aromatic carbocycles. The number of hydrogen-bond donors (Lipinski definition) is 1. The molecule has 0 radical (unpaired) electrons. The van der Waals surface area contributed by atoms with Crippen LogP contribution >= 0.6 is 22.9 Å². The van der Waals surface area contributed by atoms with Gasteiger partial charge in [-0.15, -0.1) is 11.3 Å². The van der Waals surface area contributed by atoms with Crippen LogP contribution in [0, 0.1) is 5.82 Å². The van der Waals surface area contributed by atoms with Gasteiger partial charge in [-0.05, 0) is 41.1 Å². The van der Waals surface area contributed by atoms with Gasteiger partial charge in [-0.2, -0.15) is 0 Å². The van der Waals surface area contributed by atoms with Gasteiger partial charge in [0.1, 0.15) is 5.82 Å². The fourth-order valence-electron chi connectivity index (χ4n) is 2.13. The van der Waals surface area contributed by atoms with E-state index in [0.29, 0.717) is 12.0 Å². The number of nitrogens with two attached hydrogens (primary N) is 1. The van der Waals surface area contributed by atoms with Gasteiger partial charge in [0.25, 0.3) is 0 Å². The Morgan fingerprint density at radius 2 is 2.20 bits per heavy atom. The number of fused-ring (bicyclic) bond motifs is 1. The van der Waals surface area contributed by atoms with Gasteiger partial charge >= 0.3 is 0 Å². The molecule has 3 aromatic rings. The summed E-state index contributed by atoms with van der Waals surface area (Å²) in [6.07, 6.45) is 2.25. The van der Waals surface area contributed by atoms with Crippen molar-refractivity contribution in [3.63, 3.8) is 0 Å². The van der Waals surface area contributed by atoms with Gasteiger partial charge in [-0.1, -0.05) is 23.7 Å². The van der Waals surface area contributed by atoms with Crippen LogP contribution in [0.3, 0.4) is 0 Å². The van der Waals surface area contributed by atoms with Crippen LogP contribution in [0.5, 0.6) is 0 Å². The van der Waals surface area contributed by atoms with E-state index in [0.717, 1.165) is 15.8 Å². The summed E-state index contributed by atoms with van der Waals surface area (Å²) >= 11 is 7.58. The average molecular weight is 307 g/mol. The van der Waals surface area contributed by atoms with Crippen molar-refractivity contribution in [1.82, 2.24) is 4.98 Å². The zero-order valence-corrected chi connectivity index (χ0v) is 12.1. The fraction of sp³-hybridized carbons (Fsp3) is 0.133. The third-order valence-corrected chi connectivity index (χ3v) is 4.50. The number of pyridine rings is 1. The standard InChI is InChI=1S/C15H12ClFN2S/c16-15-9(2-1-3-11(15)17)6-12(18)10-7-14-13(19-8-10)4-5-20-14/h1-5,7-8,12H,6,18H2. The van der Waals surface area contributed by atoms with Crippen LogP contribution in [0.25, 0.3) is 10.2 Å². The summed E-state index contributed by atoms with van der Waals surface area (Å²) in [5, 5.41) is 2.14. The maximum Gasteiger partial charge on any atom is 0.142 e. The molecule has 1 atom stereocenters. The fourth-order valence-corrected chi connectivity index (χ4v) is 3.12. The molecule has 20 heavy (non-hydrogen) atoms. The monoisotopic (exact) mass is 306 g/mol. The first kappa shape index (κ1) is 13.5. The quantitative estimate of drug-likeness (QED) is 0.782. The molecule has 5 heteroatoms. The van der Waals surface area contributed by atoms with Crippen molar-refractivity contribution < 1.29 is 4.39 Å². The molecule has 1 unspecified atom stereocenters. The smallest absolute Gasteiger partial charge is 0.142 e. The molecular weight excluding hydrogens is 295 g/mol. The van der Waals surface area contributed by atoms with Crippen molar-refractivity contribution >= 4 is 33.2 Å². The number of nitrogens with zero attached hydrogens (tertiary/aromatic N) is 1. The highest BCUT2D eigenvalue weighted by Gasteiger charge is 2.13. The molecule has 0 saturated carbocycles. The van der Waals surface area contributed by atoms with Gasteiger partial charge in [0.2, 0.25) is 0 Å². The third kappa shape index (κ3) is 2.54. The van der Waals surface area contributed by atoms with Crippen LogP contribution in [0.1, 0.15) is 17.2 Å². The minimum Gasteiger partial charge on any atom is -0.324 e. The van der Waals surface area contributed by atoms with Crippen LogP contribution in [0.15, 0.2) is 41.9 Å². The Hall–Kier alpha value is -1.49. The highest BCUT2D eigenvalue weighted by molar-refractivity contribution is 7.17. The summed E-state index contributed by atoms with van der Waals surface area (Å²) in [6, 6.07) is 8.53. The van der Waals surface area contributed by atoms with E-state index in [2.05, 4.69) is 4.98 Å². The highest BCUT2D eigenvalue weighted by Crippen LogP contribution is 2.26. The number of halogens is 2. The average Bonchev–Trinajstić information content (AvgIpc) is 2.91. The second-order valence-electron chi connectivity index (χ2n) is 4.60. The summed E-state index contributed by atoms with van der Waals surface area (Å²) < 4.78 is 14.5. The zero-order valence-electron chi connectivity index (χ0n) is 10.5. The Morgan fingerprint density at radius 1 is 1.35 bits per heavy atom. The minimum atomic E-state index is -0.414. The van der Waals surface area contributed by atoms with E-state index in [-0.39, 0.29) is 11.1 Å². The Morgan fingerprint density at radius 3 is 3.05 bits per heavy atom. The van der Waals surface area contributed by atoms with Crippen LogP contribution in [-0.4, -0.2) is 4.98 Å². The second-order valence-corrected chi connectivity index (χ2v) is 5.92. The highest BCUT2D eigenvalue weighted by atomic mass is 35.5. The van der Waals surface area contributed by atoms with Gasteiger partial charge < -0.3 is 5.73 Å². The van der Waals surface area contributed by atoms with Gasteiger partial charge in [-0.3, -0.25) is 4.98 Å². The number of aromatic nitrogens is 1. The number of benzene rings is 1. The first-order chi connectivity index (χ1) is 9.65. The summed E-state index contributed by atoms with van der Waals surface area (Å²) in [6.45, 7) is 0. The molecule has 0 aliphatic carbocycles. The molecule has 0 fully saturated rings. The molecule has 2 aromatic heterocycles. The molecule has 0 aliphatic rings. The van der Waals surface area contributed by atoms with E-state index in [1.807, 2.05) is 17.5 Å². The van der Waals surface area contributed by atoms with Crippen LogP contribution in [0.4, 0.5) is 4.39 Å². The molecular formula is C15H12ClFN2S. The van der Waals surface area contributed by atoms with Crippen molar-refractivity contribution in [3.8, 4) is 0 Å². The molecule has 0 saturated heterocycles. The van der Waals surface area contributed by atoms with E-state index >= 15 is 0 Å². The van der Waals surface area contributed by atoms with E-state index < -0.39 is 5.82 Å². The van der Waals surface area contributed by atoms with Crippen LogP contribution in [0.2, 0.25) is 5.02 Å². The normalized spacial score (nSPS) is 12.8. The lowest BCUT2D eigenvalue weighted by Gasteiger charge is -2.13. The predicted molar refractivity (Wildman–Crippen MR) is 81.7 cm³/mol. The van der Waals surface area contributed by atoms with E-state index in [1.54, 1.807) is 29.7 Å². The van der Waals surface area contributed by atoms with E-state index in [1.165, 1.54) is 6.07 Å². The van der Waals surface area contributed by atoms with Crippen molar-refractivity contribution in [1.29, 1.82) is 0 Å². The Kier molecular flexibility index (Phi) is 3.70. The van der Waals surface area contributed by atoms with E-state index in [9.17, 15) is 4.39 Å². The SMILES string of the molecule is NC(Cc1cccc(F)c1Cl)c1cnc2ccsc2c1. The van der Waals surface area contributed by atoms with Crippen LogP contribution < -0.4 is 5.73 Å². The molecule has 0 bridgehead atoms. The summed E-state index contributed by atoms with van der Waals surface area (Å²) in [4.78, 5) is 4.37. The van der Waals surface area contributed by atoms with Gasteiger partial charge in [0.05, 0.1) is 15.2 Å². The molecule has 2 N–H and O–H groups in total. The summed E-state index contributed by atoms with van der Waals surface area (Å²) in [5.74, 6) is -0.414. The molecule has 2 nitrogen and oxygen atoms in total. The van der Waals surface area contributed by atoms with Crippen molar-refractivity contribution in [2.45, 2.75) is 12.5 Å². The second kappa shape index (κ2) is 5.48. The molecule has 0 spiro atoms. The van der Waals surface area contributed by atoms with E-state index in [4.69, 9.17) is 17.3 Å². The minimum absolute atomic E-state index is 0.146. The lowest BCUT2D eigenvalue weighted by molar-refractivity contribution is 0.622. The summed E-state index contributed by atoms with van der Waals surface area (Å²) in [5.41, 5.74) is 8.80. The Balaban J connectivity index is 1.88.